The van der Waals surface area contributed by atoms with E-state index in [1.807, 2.05) is 39.0 Å². The van der Waals surface area contributed by atoms with Crippen molar-refractivity contribution in [3.05, 3.63) is 45.7 Å². The van der Waals surface area contributed by atoms with Crippen molar-refractivity contribution in [3.8, 4) is 11.6 Å². The van der Waals surface area contributed by atoms with Crippen molar-refractivity contribution in [2.45, 2.75) is 20.8 Å². The average molecular weight is 232 g/mol. The molecule has 0 saturated heterocycles. The van der Waals surface area contributed by atoms with E-state index in [4.69, 9.17) is 4.74 Å². The van der Waals surface area contributed by atoms with Gasteiger partial charge in [0.05, 0.1) is 18.4 Å². The van der Waals surface area contributed by atoms with Gasteiger partial charge in [0, 0.05) is 0 Å². The van der Waals surface area contributed by atoms with Crippen LogP contribution in [0.5, 0.6) is 5.88 Å². The Balaban J connectivity index is 2.45. The number of benzene rings is 1. The first kappa shape index (κ1) is 11.5. The Kier molecular flexibility index (Phi) is 3.04. The summed E-state index contributed by atoms with van der Waals surface area (Å²) in [6.45, 7) is 6.48. The van der Waals surface area contributed by atoms with E-state index in [2.05, 4.69) is 5.10 Å². The first-order valence-electron chi connectivity index (χ1n) is 5.64. The first-order chi connectivity index (χ1) is 8.11. The summed E-state index contributed by atoms with van der Waals surface area (Å²) in [6, 6.07) is 7.34. The molecular weight excluding hydrogens is 216 g/mol. The van der Waals surface area contributed by atoms with E-state index in [0.717, 1.165) is 11.3 Å². The molecule has 90 valence electrons. The fourth-order valence-corrected chi connectivity index (χ4v) is 1.66. The second-order valence-electron chi connectivity index (χ2n) is 4.00. The van der Waals surface area contributed by atoms with Crippen molar-refractivity contribution >= 4 is 0 Å². The molecule has 17 heavy (non-hydrogen) atoms. The minimum absolute atomic E-state index is 0.114. The van der Waals surface area contributed by atoms with Gasteiger partial charge in [-0.05, 0) is 44.0 Å². The van der Waals surface area contributed by atoms with Crippen LogP contribution in [0.3, 0.4) is 0 Å². The maximum Gasteiger partial charge on any atom is 0.275 e. The van der Waals surface area contributed by atoms with Crippen molar-refractivity contribution in [3.63, 3.8) is 0 Å². The molecule has 0 radical (unpaired) electrons. The molecule has 0 unspecified atom stereocenters. The van der Waals surface area contributed by atoms with Crippen molar-refractivity contribution in [1.29, 1.82) is 0 Å². The van der Waals surface area contributed by atoms with Crippen LogP contribution in [0.15, 0.2) is 29.1 Å². The topological polar surface area (TPSA) is 47.0 Å². The fourth-order valence-electron chi connectivity index (χ4n) is 1.66. The Hall–Kier alpha value is -1.97. The quantitative estimate of drug-likeness (QED) is 0.881. The van der Waals surface area contributed by atoms with E-state index >= 15 is 0 Å². The number of nitrogens with one attached hydrogen (secondary N) is 1. The van der Waals surface area contributed by atoms with E-state index in [1.165, 1.54) is 16.3 Å². The summed E-state index contributed by atoms with van der Waals surface area (Å²) in [4.78, 5) is 11.8. The standard InChI is InChI=1S/C13H16N2O2/c1-4-17-12-8-13(16)15(14-12)11-6-5-9(2)10(3)7-11/h5-8,14H,4H2,1-3H3. The minimum Gasteiger partial charge on any atom is -0.478 e. The normalized spacial score (nSPS) is 10.5. The summed E-state index contributed by atoms with van der Waals surface area (Å²) < 4.78 is 6.75. The summed E-state index contributed by atoms with van der Waals surface area (Å²) in [5.74, 6) is 0.496. The largest absolute Gasteiger partial charge is 0.478 e. The van der Waals surface area contributed by atoms with Crippen LogP contribution in [0.1, 0.15) is 18.1 Å². The van der Waals surface area contributed by atoms with E-state index < -0.39 is 0 Å². The van der Waals surface area contributed by atoms with E-state index in [1.54, 1.807) is 0 Å². The van der Waals surface area contributed by atoms with Gasteiger partial charge in [-0.2, -0.15) is 0 Å². The lowest BCUT2D eigenvalue weighted by molar-refractivity contribution is 0.324. The van der Waals surface area contributed by atoms with Crippen LogP contribution in [-0.4, -0.2) is 16.4 Å². The summed E-state index contributed by atoms with van der Waals surface area (Å²) in [5.41, 5.74) is 3.07. The molecule has 0 atom stereocenters. The van der Waals surface area contributed by atoms with Crippen molar-refractivity contribution in [1.82, 2.24) is 9.78 Å². The number of rotatable bonds is 3. The number of ether oxygens (including phenoxy) is 1. The summed E-state index contributed by atoms with van der Waals surface area (Å²) in [6.07, 6.45) is 0. The molecular formula is C13H16N2O2. The molecule has 0 saturated carbocycles. The van der Waals surface area contributed by atoms with Crippen molar-refractivity contribution < 1.29 is 4.74 Å². The monoisotopic (exact) mass is 232 g/mol. The SMILES string of the molecule is CCOc1cc(=O)n(-c2ccc(C)c(C)c2)[nH]1. The Labute approximate surface area is 99.8 Å². The first-order valence-corrected chi connectivity index (χ1v) is 5.64. The van der Waals surface area contributed by atoms with Crippen LogP contribution in [0, 0.1) is 13.8 Å². The Morgan fingerprint density at radius 1 is 1.24 bits per heavy atom. The smallest absolute Gasteiger partial charge is 0.275 e. The third kappa shape index (κ3) is 2.25. The third-order valence-corrected chi connectivity index (χ3v) is 2.75. The predicted molar refractivity (Wildman–Crippen MR) is 67.0 cm³/mol. The molecule has 4 nitrogen and oxygen atoms in total. The zero-order valence-electron chi connectivity index (χ0n) is 10.3. The number of nitrogens with zero attached hydrogens (tertiary/aromatic N) is 1. The lowest BCUT2D eigenvalue weighted by atomic mass is 10.1. The maximum atomic E-state index is 11.8. The van der Waals surface area contributed by atoms with Gasteiger partial charge in [0.1, 0.15) is 0 Å². The van der Waals surface area contributed by atoms with Gasteiger partial charge in [0.25, 0.3) is 5.56 Å². The number of H-pyrrole nitrogens is 1. The number of aromatic amines is 1. The van der Waals surface area contributed by atoms with Gasteiger partial charge >= 0.3 is 0 Å². The molecule has 0 spiro atoms. The maximum absolute atomic E-state index is 11.8. The number of aryl methyl sites for hydroxylation is 2. The molecule has 1 N–H and O–H groups in total. The van der Waals surface area contributed by atoms with Crippen LogP contribution >= 0.6 is 0 Å². The van der Waals surface area contributed by atoms with Crippen LogP contribution < -0.4 is 10.3 Å². The second kappa shape index (κ2) is 4.49. The van der Waals surface area contributed by atoms with Crippen LogP contribution in [0.4, 0.5) is 0 Å². The molecule has 0 amide bonds. The highest BCUT2D eigenvalue weighted by Crippen LogP contribution is 2.13. The molecule has 0 aliphatic carbocycles. The summed E-state index contributed by atoms with van der Waals surface area (Å²) in [7, 11) is 0. The van der Waals surface area contributed by atoms with Gasteiger partial charge in [0.15, 0.2) is 0 Å². The molecule has 4 heteroatoms. The molecule has 2 rings (SSSR count). The number of hydrogen-bond acceptors (Lipinski definition) is 2. The molecule has 1 heterocycles. The number of hydrogen-bond donors (Lipinski definition) is 1. The predicted octanol–water partition coefficient (Wildman–Crippen LogP) is 2.18. The summed E-state index contributed by atoms with van der Waals surface area (Å²) >= 11 is 0. The van der Waals surface area contributed by atoms with Crippen molar-refractivity contribution in [2.24, 2.45) is 0 Å². The van der Waals surface area contributed by atoms with E-state index in [-0.39, 0.29) is 5.56 Å². The lowest BCUT2D eigenvalue weighted by Gasteiger charge is -2.05. The molecule has 1 aromatic heterocycles. The molecule has 0 aliphatic heterocycles. The fraction of sp³-hybridized carbons (Fsp3) is 0.308. The Bertz CT molecular complexity index is 581. The van der Waals surface area contributed by atoms with Gasteiger partial charge in [-0.15, -0.1) is 0 Å². The van der Waals surface area contributed by atoms with E-state index in [0.29, 0.717) is 12.5 Å². The Morgan fingerprint density at radius 2 is 2.00 bits per heavy atom. The van der Waals surface area contributed by atoms with Crippen molar-refractivity contribution in [2.75, 3.05) is 6.61 Å². The molecule has 1 aromatic carbocycles. The highest BCUT2D eigenvalue weighted by atomic mass is 16.5. The van der Waals surface area contributed by atoms with Crippen LogP contribution in [0.2, 0.25) is 0 Å². The lowest BCUT2D eigenvalue weighted by Crippen LogP contribution is -2.13. The summed E-state index contributed by atoms with van der Waals surface area (Å²) in [5, 5.41) is 2.93. The zero-order valence-corrected chi connectivity index (χ0v) is 10.3. The Morgan fingerprint density at radius 3 is 2.65 bits per heavy atom. The zero-order chi connectivity index (χ0) is 12.4. The van der Waals surface area contributed by atoms with Gasteiger partial charge in [-0.1, -0.05) is 6.07 Å². The molecule has 0 aliphatic rings. The van der Waals surface area contributed by atoms with Gasteiger partial charge in [-0.25, -0.2) is 4.68 Å². The van der Waals surface area contributed by atoms with Crippen LogP contribution in [-0.2, 0) is 0 Å². The highest BCUT2D eigenvalue weighted by molar-refractivity contribution is 5.39. The van der Waals surface area contributed by atoms with Gasteiger partial charge in [-0.3, -0.25) is 9.89 Å². The minimum atomic E-state index is -0.114. The van der Waals surface area contributed by atoms with E-state index in [9.17, 15) is 4.79 Å². The second-order valence-corrected chi connectivity index (χ2v) is 4.00. The third-order valence-electron chi connectivity index (χ3n) is 2.75. The molecule has 2 aromatic rings. The molecule has 0 bridgehead atoms. The molecule has 0 fully saturated rings. The van der Waals surface area contributed by atoms with Crippen LogP contribution in [0.25, 0.3) is 5.69 Å². The van der Waals surface area contributed by atoms with Gasteiger partial charge in [0.2, 0.25) is 5.88 Å². The highest BCUT2D eigenvalue weighted by Gasteiger charge is 2.06. The average Bonchev–Trinajstić information content (AvgIpc) is 2.64. The van der Waals surface area contributed by atoms with Gasteiger partial charge < -0.3 is 4.74 Å². The number of aromatic nitrogens is 2.